The Morgan fingerprint density at radius 2 is 2.10 bits per heavy atom. The van der Waals surface area contributed by atoms with E-state index < -0.39 is 0 Å². The molecule has 0 aliphatic carbocycles. The van der Waals surface area contributed by atoms with Crippen LogP contribution in [-0.2, 0) is 0 Å². The minimum atomic E-state index is -0.112. The topological polar surface area (TPSA) is 43.8 Å². The van der Waals surface area contributed by atoms with Crippen LogP contribution in [0.3, 0.4) is 0 Å². The molecule has 5 heteroatoms. The molecule has 0 radical (unpaired) electrons. The van der Waals surface area contributed by atoms with E-state index in [0.717, 1.165) is 32.4 Å². The van der Waals surface area contributed by atoms with Gasteiger partial charge in [0.05, 0.1) is 5.56 Å². The van der Waals surface area contributed by atoms with Crippen LogP contribution in [0, 0.1) is 0 Å². The summed E-state index contributed by atoms with van der Waals surface area (Å²) in [6, 6.07) is 5.16. The van der Waals surface area contributed by atoms with Crippen LogP contribution < -0.4 is 0 Å². The first-order valence-corrected chi connectivity index (χ1v) is 7.31. The maximum atomic E-state index is 12.5. The molecule has 0 aromatic heterocycles. The van der Waals surface area contributed by atoms with Crippen molar-refractivity contribution in [3.05, 3.63) is 28.8 Å². The second kappa shape index (κ2) is 6.46. The Labute approximate surface area is 124 Å². The van der Waals surface area contributed by atoms with E-state index >= 15 is 0 Å². The van der Waals surface area contributed by atoms with Gasteiger partial charge in [0.1, 0.15) is 5.75 Å². The van der Waals surface area contributed by atoms with Crippen molar-refractivity contribution in [3.8, 4) is 5.75 Å². The van der Waals surface area contributed by atoms with Gasteiger partial charge in [-0.2, -0.15) is 0 Å². The molecule has 1 aliphatic heterocycles. The fraction of sp³-hybridized carbons (Fsp3) is 0.533. The van der Waals surface area contributed by atoms with Gasteiger partial charge in [0.15, 0.2) is 0 Å². The number of aromatic hydroxyl groups is 1. The van der Waals surface area contributed by atoms with E-state index in [1.54, 1.807) is 12.1 Å². The van der Waals surface area contributed by atoms with E-state index in [0.29, 0.717) is 16.6 Å². The van der Waals surface area contributed by atoms with Gasteiger partial charge in [0.25, 0.3) is 5.91 Å². The zero-order valence-corrected chi connectivity index (χ0v) is 12.7. The number of nitrogens with zero attached hydrogens (tertiary/aromatic N) is 2. The summed E-state index contributed by atoms with van der Waals surface area (Å²) < 4.78 is 0. The molecule has 20 heavy (non-hydrogen) atoms. The van der Waals surface area contributed by atoms with E-state index in [1.807, 2.05) is 4.90 Å². The zero-order chi connectivity index (χ0) is 14.7. The number of hydrogen-bond donors (Lipinski definition) is 1. The predicted octanol–water partition coefficient (Wildman–Crippen LogP) is 2.60. The minimum absolute atomic E-state index is 0.0455. The molecule has 1 N–H and O–H groups in total. The summed E-state index contributed by atoms with van der Waals surface area (Å²) in [4.78, 5) is 16.5. The lowest BCUT2D eigenvalue weighted by Gasteiger charge is -2.23. The highest BCUT2D eigenvalue weighted by Gasteiger charge is 2.24. The maximum Gasteiger partial charge on any atom is 0.257 e. The van der Waals surface area contributed by atoms with Crippen LogP contribution in [0.5, 0.6) is 5.75 Å². The molecule has 0 saturated carbocycles. The lowest BCUT2D eigenvalue weighted by molar-refractivity contribution is 0.0755. The van der Waals surface area contributed by atoms with Gasteiger partial charge in [-0.05, 0) is 51.6 Å². The average molecular weight is 297 g/mol. The molecule has 2 rings (SSSR count). The predicted molar refractivity (Wildman–Crippen MR) is 80.3 cm³/mol. The van der Waals surface area contributed by atoms with E-state index in [9.17, 15) is 9.90 Å². The van der Waals surface area contributed by atoms with Crippen molar-refractivity contribution in [3.63, 3.8) is 0 Å². The van der Waals surface area contributed by atoms with Gasteiger partial charge >= 0.3 is 0 Å². The molecular weight excluding hydrogens is 276 g/mol. The maximum absolute atomic E-state index is 12.5. The van der Waals surface area contributed by atoms with E-state index in [2.05, 4.69) is 19.0 Å². The van der Waals surface area contributed by atoms with Crippen molar-refractivity contribution in [2.24, 2.45) is 0 Å². The van der Waals surface area contributed by atoms with Crippen LogP contribution in [0.4, 0.5) is 0 Å². The summed E-state index contributed by atoms with van der Waals surface area (Å²) in [5.74, 6) is -0.158. The number of phenols is 1. The molecule has 110 valence electrons. The standard InChI is InChI=1S/C15H21ClN2O2/c1-17(2)12-4-3-8-18(9-7-12)15(20)13-6-5-11(16)10-14(13)19/h5-6,10,12,19H,3-4,7-9H2,1-2H3/t12-/m0/s1. The number of carbonyl (C=O) groups is 1. The number of carbonyl (C=O) groups excluding carboxylic acids is 1. The molecular formula is C15H21ClN2O2. The first kappa shape index (κ1) is 15.1. The van der Waals surface area contributed by atoms with Gasteiger partial charge in [-0.25, -0.2) is 0 Å². The van der Waals surface area contributed by atoms with E-state index in [4.69, 9.17) is 11.6 Å². The minimum Gasteiger partial charge on any atom is -0.507 e. The third-order valence-electron chi connectivity index (χ3n) is 3.91. The van der Waals surface area contributed by atoms with E-state index in [1.165, 1.54) is 6.07 Å². The fourth-order valence-electron chi connectivity index (χ4n) is 2.65. The monoisotopic (exact) mass is 296 g/mol. The summed E-state index contributed by atoms with van der Waals surface area (Å²) >= 11 is 5.80. The van der Waals surface area contributed by atoms with Crippen molar-refractivity contribution < 1.29 is 9.90 Å². The average Bonchev–Trinajstić information content (AvgIpc) is 2.63. The largest absolute Gasteiger partial charge is 0.507 e. The van der Waals surface area contributed by atoms with Crippen LogP contribution >= 0.6 is 11.6 Å². The summed E-state index contributed by atoms with van der Waals surface area (Å²) in [6.07, 6.45) is 3.05. The van der Waals surface area contributed by atoms with Gasteiger partial charge in [0.2, 0.25) is 0 Å². The van der Waals surface area contributed by atoms with Crippen molar-refractivity contribution >= 4 is 17.5 Å². The number of rotatable bonds is 2. The molecule has 0 bridgehead atoms. The Morgan fingerprint density at radius 3 is 2.75 bits per heavy atom. The van der Waals surface area contributed by atoms with E-state index in [-0.39, 0.29) is 11.7 Å². The highest BCUT2D eigenvalue weighted by atomic mass is 35.5. The second-order valence-corrected chi connectivity index (χ2v) is 5.94. The number of hydrogen-bond acceptors (Lipinski definition) is 3. The number of benzene rings is 1. The summed E-state index contributed by atoms with van der Waals surface area (Å²) in [5, 5.41) is 10.3. The van der Waals surface area contributed by atoms with Crippen LogP contribution in [0.25, 0.3) is 0 Å². The highest BCUT2D eigenvalue weighted by Crippen LogP contribution is 2.24. The molecule has 1 fully saturated rings. The van der Waals surface area contributed by atoms with Crippen LogP contribution in [0.1, 0.15) is 29.6 Å². The molecule has 1 heterocycles. The van der Waals surface area contributed by atoms with Gasteiger partial charge < -0.3 is 14.9 Å². The lowest BCUT2D eigenvalue weighted by atomic mass is 10.1. The summed E-state index contributed by atoms with van der Waals surface area (Å²) in [5.41, 5.74) is 0.331. The number of halogens is 1. The van der Waals surface area contributed by atoms with Crippen LogP contribution in [0.2, 0.25) is 5.02 Å². The number of amides is 1. The Kier molecular flexibility index (Phi) is 4.89. The summed E-state index contributed by atoms with van der Waals surface area (Å²) in [7, 11) is 4.15. The van der Waals surface area contributed by atoms with Crippen LogP contribution in [-0.4, -0.2) is 54.0 Å². The quantitative estimate of drug-likeness (QED) is 0.912. The van der Waals surface area contributed by atoms with Gasteiger partial charge in [-0.15, -0.1) is 0 Å². The second-order valence-electron chi connectivity index (χ2n) is 5.50. The smallest absolute Gasteiger partial charge is 0.257 e. The first-order chi connectivity index (χ1) is 9.49. The third-order valence-corrected chi connectivity index (χ3v) is 4.14. The molecule has 1 saturated heterocycles. The Bertz CT molecular complexity index is 491. The zero-order valence-electron chi connectivity index (χ0n) is 12.0. The molecule has 1 aromatic carbocycles. The van der Waals surface area contributed by atoms with Crippen LogP contribution in [0.15, 0.2) is 18.2 Å². The summed E-state index contributed by atoms with van der Waals surface area (Å²) in [6.45, 7) is 1.47. The molecule has 1 amide bonds. The van der Waals surface area contributed by atoms with Crippen molar-refractivity contribution in [1.29, 1.82) is 0 Å². The SMILES string of the molecule is CN(C)[C@H]1CCCN(C(=O)c2ccc(Cl)cc2O)CC1. The van der Waals surface area contributed by atoms with Gasteiger partial charge in [-0.3, -0.25) is 4.79 Å². The Hall–Kier alpha value is -1.26. The molecule has 0 spiro atoms. The normalized spacial score (nSPS) is 20.0. The molecule has 1 atom stereocenters. The van der Waals surface area contributed by atoms with Crippen molar-refractivity contribution in [2.75, 3.05) is 27.2 Å². The van der Waals surface area contributed by atoms with Gasteiger partial charge in [-0.1, -0.05) is 11.6 Å². The highest BCUT2D eigenvalue weighted by molar-refractivity contribution is 6.30. The lowest BCUT2D eigenvalue weighted by Crippen LogP contribution is -2.33. The molecule has 1 aliphatic rings. The van der Waals surface area contributed by atoms with Gasteiger partial charge in [0, 0.05) is 24.2 Å². The molecule has 1 aromatic rings. The van der Waals surface area contributed by atoms with Crippen molar-refractivity contribution in [1.82, 2.24) is 9.80 Å². The fourth-order valence-corrected chi connectivity index (χ4v) is 2.82. The van der Waals surface area contributed by atoms with Crippen molar-refractivity contribution in [2.45, 2.75) is 25.3 Å². The first-order valence-electron chi connectivity index (χ1n) is 6.93. The third kappa shape index (κ3) is 3.44. The number of likely N-dealkylation sites (tertiary alicyclic amines) is 1. The number of phenolic OH excluding ortho intramolecular Hbond substituents is 1. The molecule has 0 unspecified atom stereocenters. The molecule has 4 nitrogen and oxygen atoms in total. The Balaban J connectivity index is 2.09. The Morgan fingerprint density at radius 1 is 1.35 bits per heavy atom.